The first-order valence-electron chi connectivity index (χ1n) is 5.53. The molecule has 0 spiro atoms. The Hall–Kier alpha value is -0.570. The van der Waals surface area contributed by atoms with E-state index in [1.54, 1.807) is 0 Å². The fourth-order valence-electron chi connectivity index (χ4n) is 1.53. The van der Waals surface area contributed by atoms with Crippen LogP contribution in [0.3, 0.4) is 0 Å². The van der Waals surface area contributed by atoms with Gasteiger partial charge < -0.3 is 10.6 Å². The maximum Gasteiger partial charge on any atom is 0.0409 e. The fraction of sp³-hybridized carbons (Fsp3) is 0.500. The molecule has 2 nitrogen and oxygen atoms in total. The SMILES string of the molecule is Clc1cccc(CNCCNC2CC2)c1. The lowest BCUT2D eigenvalue weighted by Gasteiger charge is -2.05. The van der Waals surface area contributed by atoms with E-state index in [-0.39, 0.29) is 0 Å². The molecule has 0 amide bonds. The first-order valence-corrected chi connectivity index (χ1v) is 5.91. The van der Waals surface area contributed by atoms with Crippen molar-refractivity contribution >= 4 is 11.6 Å². The molecule has 0 bridgehead atoms. The van der Waals surface area contributed by atoms with Gasteiger partial charge in [-0.2, -0.15) is 0 Å². The third kappa shape index (κ3) is 4.20. The van der Waals surface area contributed by atoms with Gasteiger partial charge in [-0.1, -0.05) is 23.7 Å². The number of hydrogen-bond donors (Lipinski definition) is 2. The van der Waals surface area contributed by atoms with Gasteiger partial charge in [-0.05, 0) is 30.5 Å². The maximum absolute atomic E-state index is 5.89. The Balaban J connectivity index is 1.60. The Kier molecular flexibility index (Phi) is 4.01. The highest BCUT2D eigenvalue weighted by Crippen LogP contribution is 2.17. The van der Waals surface area contributed by atoms with Crippen LogP contribution in [0.2, 0.25) is 5.02 Å². The van der Waals surface area contributed by atoms with E-state index in [1.165, 1.54) is 18.4 Å². The zero-order chi connectivity index (χ0) is 10.5. The molecule has 0 unspecified atom stereocenters. The van der Waals surface area contributed by atoms with Gasteiger partial charge in [-0.15, -0.1) is 0 Å². The van der Waals surface area contributed by atoms with Gasteiger partial charge >= 0.3 is 0 Å². The van der Waals surface area contributed by atoms with Crippen molar-refractivity contribution in [3.8, 4) is 0 Å². The van der Waals surface area contributed by atoms with Gasteiger partial charge in [0.15, 0.2) is 0 Å². The van der Waals surface area contributed by atoms with Gasteiger partial charge in [0.1, 0.15) is 0 Å². The summed E-state index contributed by atoms with van der Waals surface area (Å²) in [6.45, 7) is 2.97. The minimum atomic E-state index is 0.804. The van der Waals surface area contributed by atoms with E-state index in [2.05, 4.69) is 16.7 Å². The molecule has 1 aromatic carbocycles. The van der Waals surface area contributed by atoms with Crippen LogP contribution in [0.15, 0.2) is 24.3 Å². The molecule has 0 aromatic heterocycles. The number of nitrogens with one attached hydrogen (secondary N) is 2. The smallest absolute Gasteiger partial charge is 0.0409 e. The minimum Gasteiger partial charge on any atom is -0.313 e. The number of benzene rings is 1. The lowest BCUT2D eigenvalue weighted by atomic mass is 10.2. The van der Waals surface area contributed by atoms with Gasteiger partial charge in [-0.3, -0.25) is 0 Å². The molecule has 0 aliphatic heterocycles. The second kappa shape index (κ2) is 5.50. The summed E-state index contributed by atoms with van der Waals surface area (Å²) in [6.07, 6.45) is 2.71. The summed E-state index contributed by atoms with van der Waals surface area (Å²) < 4.78 is 0. The Morgan fingerprint density at radius 3 is 2.87 bits per heavy atom. The topological polar surface area (TPSA) is 24.1 Å². The fourth-order valence-corrected chi connectivity index (χ4v) is 1.74. The normalized spacial score (nSPS) is 15.5. The van der Waals surface area contributed by atoms with Crippen LogP contribution in [0.1, 0.15) is 18.4 Å². The molecule has 1 saturated carbocycles. The van der Waals surface area contributed by atoms with Gasteiger partial charge in [0.05, 0.1) is 0 Å². The average Bonchev–Trinajstić information content (AvgIpc) is 3.01. The quantitative estimate of drug-likeness (QED) is 0.724. The Morgan fingerprint density at radius 1 is 1.27 bits per heavy atom. The first-order chi connectivity index (χ1) is 7.34. The van der Waals surface area contributed by atoms with Crippen molar-refractivity contribution in [3.05, 3.63) is 34.9 Å². The highest BCUT2D eigenvalue weighted by atomic mass is 35.5. The lowest BCUT2D eigenvalue weighted by molar-refractivity contribution is 0.608. The molecule has 1 aliphatic rings. The second-order valence-corrected chi connectivity index (χ2v) is 4.47. The van der Waals surface area contributed by atoms with E-state index in [9.17, 15) is 0 Å². The van der Waals surface area contributed by atoms with Gasteiger partial charge in [0, 0.05) is 30.7 Å². The molecular formula is C12H17ClN2. The summed E-state index contributed by atoms with van der Waals surface area (Å²) in [5.41, 5.74) is 1.24. The predicted molar refractivity (Wildman–Crippen MR) is 64.2 cm³/mol. The van der Waals surface area contributed by atoms with Crippen LogP contribution in [-0.2, 0) is 6.54 Å². The van der Waals surface area contributed by atoms with Crippen LogP contribution in [0.25, 0.3) is 0 Å². The maximum atomic E-state index is 5.89. The predicted octanol–water partition coefficient (Wildman–Crippen LogP) is 2.18. The molecule has 3 heteroatoms. The number of halogens is 1. The van der Waals surface area contributed by atoms with E-state index in [4.69, 9.17) is 11.6 Å². The number of rotatable bonds is 6. The highest BCUT2D eigenvalue weighted by Gasteiger charge is 2.19. The van der Waals surface area contributed by atoms with E-state index < -0.39 is 0 Å². The summed E-state index contributed by atoms with van der Waals surface area (Å²) in [6, 6.07) is 8.79. The van der Waals surface area contributed by atoms with E-state index in [0.29, 0.717) is 0 Å². The summed E-state index contributed by atoms with van der Waals surface area (Å²) in [4.78, 5) is 0. The molecule has 0 saturated heterocycles. The summed E-state index contributed by atoms with van der Waals surface area (Å²) in [5, 5.41) is 7.67. The molecule has 2 N–H and O–H groups in total. The van der Waals surface area contributed by atoms with E-state index >= 15 is 0 Å². The molecule has 1 aromatic rings. The molecule has 2 rings (SSSR count). The van der Waals surface area contributed by atoms with Crippen molar-refractivity contribution in [2.24, 2.45) is 0 Å². The van der Waals surface area contributed by atoms with Crippen LogP contribution in [-0.4, -0.2) is 19.1 Å². The third-order valence-electron chi connectivity index (χ3n) is 2.53. The van der Waals surface area contributed by atoms with Crippen molar-refractivity contribution in [1.82, 2.24) is 10.6 Å². The van der Waals surface area contributed by atoms with Gasteiger partial charge in [0.25, 0.3) is 0 Å². The van der Waals surface area contributed by atoms with Crippen LogP contribution in [0, 0.1) is 0 Å². The van der Waals surface area contributed by atoms with Crippen molar-refractivity contribution in [2.45, 2.75) is 25.4 Å². The van der Waals surface area contributed by atoms with Crippen LogP contribution < -0.4 is 10.6 Å². The van der Waals surface area contributed by atoms with Crippen LogP contribution in [0.5, 0.6) is 0 Å². The summed E-state index contributed by atoms with van der Waals surface area (Å²) in [7, 11) is 0. The van der Waals surface area contributed by atoms with Gasteiger partial charge in [-0.25, -0.2) is 0 Å². The monoisotopic (exact) mass is 224 g/mol. The van der Waals surface area contributed by atoms with Gasteiger partial charge in [0.2, 0.25) is 0 Å². The van der Waals surface area contributed by atoms with Crippen molar-refractivity contribution in [3.63, 3.8) is 0 Å². The highest BCUT2D eigenvalue weighted by molar-refractivity contribution is 6.30. The summed E-state index contributed by atoms with van der Waals surface area (Å²) >= 11 is 5.89. The van der Waals surface area contributed by atoms with Crippen molar-refractivity contribution < 1.29 is 0 Å². The zero-order valence-electron chi connectivity index (χ0n) is 8.80. The van der Waals surface area contributed by atoms with E-state index in [0.717, 1.165) is 30.7 Å². The molecule has 0 atom stereocenters. The Bertz CT molecular complexity index is 310. The Labute approximate surface area is 96.0 Å². The number of hydrogen-bond acceptors (Lipinski definition) is 2. The lowest BCUT2D eigenvalue weighted by Crippen LogP contribution is -2.28. The molecule has 0 heterocycles. The Morgan fingerprint density at radius 2 is 2.13 bits per heavy atom. The summed E-state index contributed by atoms with van der Waals surface area (Å²) in [5.74, 6) is 0. The molecule has 0 radical (unpaired) electrons. The second-order valence-electron chi connectivity index (χ2n) is 4.04. The van der Waals surface area contributed by atoms with Crippen LogP contribution >= 0.6 is 11.6 Å². The molecule has 82 valence electrons. The molecular weight excluding hydrogens is 208 g/mol. The standard InChI is InChI=1S/C12H17ClN2/c13-11-3-1-2-10(8-11)9-14-6-7-15-12-4-5-12/h1-3,8,12,14-15H,4-7,9H2. The van der Waals surface area contributed by atoms with Crippen LogP contribution in [0.4, 0.5) is 0 Å². The molecule has 1 fully saturated rings. The third-order valence-corrected chi connectivity index (χ3v) is 2.77. The minimum absolute atomic E-state index is 0.804. The van der Waals surface area contributed by atoms with Crippen molar-refractivity contribution in [2.75, 3.05) is 13.1 Å². The molecule has 15 heavy (non-hydrogen) atoms. The zero-order valence-corrected chi connectivity index (χ0v) is 9.56. The van der Waals surface area contributed by atoms with E-state index in [1.807, 2.05) is 18.2 Å². The average molecular weight is 225 g/mol. The first kappa shape index (κ1) is 10.9. The van der Waals surface area contributed by atoms with Crippen molar-refractivity contribution in [1.29, 1.82) is 0 Å². The largest absolute Gasteiger partial charge is 0.313 e. The molecule has 1 aliphatic carbocycles.